The van der Waals surface area contributed by atoms with Crippen molar-refractivity contribution in [1.29, 1.82) is 0 Å². The third kappa shape index (κ3) is 4.67. The number of hydrogen-bond donors (Lipinski definition) is 2. The maximum absolute atomic E-state index is 11.7. The number of aliphatic imine (C=N–C) groups is 1. The van der Waals surface area contributed by atoms with Crippen molar-refractivity contribution >= 4 is 17.7 Å². The normalized spacial score (nSPS) is 11.0. The third-order valence-corrected chi connectivity index (χ3v) is 3.79. The lowest BCUT2D eigenvalue weighted by atomic mass is 10.0. The summed E-state index contributed by atoms with van der Waals surface area (Å²) in [6, 6.07) is 11.4. The van der Waals surface area contributed by atoms with Crippen LogP contribution in [0.15, 0.2) is 66.2 Å². The fourth-order valence-corrected chi connectivity index (χ4v) is 2.52. The topological polar surface area (TPSA) is 101 Å². The van der Waals surface area contributed by atoms with Gasteiger partial charge in [0.2, 0.25) is 5.96 Å². The van der Waals surface area contributed by atoms with E-state index < -0.39 is 6.09 Å². The second-order valence-corrected chi connectivity index (χ2v) is 5.62. The number of carbonyl (C=O) groups excluding carboxylic acids is 1. The van der Waals surface area contributed by atoms with Gasteiger partial charge in [0.25, 0.3) is 0 Å². The molecule has 3 rings (SSSR count). The number of nitrogens with zero attached hydrogens (tertiary/aromatic N) is 4. The van der Waals surface area contributed by atoms with E-state index in [0.29, 0.717) is 11.5 Å². The first-order chi connectivity index (χ1) is 13.7. The predicted molar refractivity (Wildman–Crippen MR) is 108 cm³/mol. The van der Waals surface area contributed by atoms with Crippen LogP contribution in [0.3, 0.4) is 0 Å². The number of pyridine rings is 1. The minimum Gasteiger partial charge on any atom is -0.450 e. The molecular formula is C20H20N6O2. The summed E-state index contributed by atoms with van der Waals surface area (Å²) in [6.45, 7) is 2.00. The van der Waals surface area contributed by atoms with Crippen molar-refractivity contribution in [2.75, 3.05) is 19.0 Å². The van der Waals surface area contributed by atoms with Crippen molar-refractivity contribution in [2.45, 2.75) is 6.92 Å². The summed E-state index contributed by atoms with van der Waals surface area (Å²) in [5.41, 5.74) is 3.39. The number of benzene rings is 1. The monoisotopic (exact) mass is 376 g/mol. The van der Waals surface area contributed by atoms with E-state index in [1.165, 1.54) is 0 Å². The smallest absolute Gasteiger partial charge is 0.413 e. The number of rotatable bonds is 4. The molecule has 1 aromatic carbocycles. The van der Waals surface area contributed by atoms with E-state index in [4.69, 9.17) is 4.74 Å². The van der Waals surface area contributed by atoms with Gasteiger partial charge in [0.15, 0.2) is 5.82 Å². The van der Waals surface area contributed by atoms with Crippen molar-refractivity contribution in [3.05, 3.63) is 61.2 Å². The van der Waals surface area contributed by atoms with E-state index in [9.17, 15) is 4.79 Å². The largest absolute Gasteiger partial charge is 0.450 e. The van der Waals surface area contributed by atoms with Crippen molar-refractivity contribution in [1.82, 2.24) is 20.3 Å². The Hall–Kier alpha value is -3.81. The van der Waals surface area contributed by atoms with Crippen LogP contribution in [0.4, 0.5) is 10.5 Å². The van der Waals surface area contributed by atoms with E-state index in [2.05, 4.69) is 30.6 Å². The zero-order valence-corrected chi connectivity index (χ0v) is 15.6. The molecule has 8 heteroatoms. The highest BCUT2D eigenvalue weighted by atomic mass is 16.5. The molecule has 0 saturated carbocycles. The first-order valence-corrected chi connectivity index (χ1v) is 8.70. The molecule has 8 nitrogen and oxygen atoms in total. The molecule has 0 aliphatic heterocycles. The number of nitrogens with one attached hydrogen (secondary N) is 2. The van der Waals surface area contributed by atoms with Crippen LogP contribution < -0.4 is 10.6 Å². The van der Waals surface area contributed by atoms with Crippen LogP contribution >= 0.6 is 0 Å². The molecule has 3 aromatic rings. The summed E-state index contributed by atoms with van der Waals surface area (Å²) in [6.07, 6.45) is 6.29. The molecule has 142 valence electrons. The van der Waals surface area contributed by atoms with E-state index in [0.717, 1.165) is 16.7 Å². The molecule has 0 unspecified atom stereocenters. The molecule has 2 aromatic heterocycles. The van der Waals surface area contributed by atoms with Crippen molar-refractivity contribution in [3.8, 4) is 22.5 Å². The Kier molecular flexibility index (Phi) is 6.25. The van der Waals surface area contributed by atoms with Crippen molar-refractivity contribution in [3.63, 3.8) is 0 Å². The Morgan fingerprint density at radius 2 is 1.93 bits per heavy atom. The molecule has 0 aliphatic rings. The highest BCUT2D eigenvalue weighted by Crippen LogP contribution is 2.30. The lowest BCUT2D eigenvalue weighted by molar-refractivity contribution is 0.158. The summed E-state index contributed by atoms with van der Waals surface area (Å²) in [7, 11) is 1.57. The zero-order valence-electron chi connectivity index (χ0n) is 15.6. The Morgan fingerprint density at radius 1 is 1.11 bits per heavy atom. The number of guanidine groups is 1. The molecule has 0 atom stereocenters. The summed E-state index contributed by atoms with van der Waals surface area (Å²) in [5, 5.41) is 5.67. The van der Waals surface area contributed by atoms with Gasteiger partial charge in [-0.25, -0.2) is 14.8 Å². The highest BCUT2D eigenvalue weighted by Gasteiger charge is 2.13. The minimum atomic E-state index is -0.583. The van der Waals surface area contributed by atoms with Gasteiger partial charge in [-0.1, -0.05) is 12.1 Å². The Balaban J connectivity index is 1.97. The van der Waals surface area contributed by atoms with E-state index in [1.807, 2.05) is 30.3 Å². The number of carbonyl (C=O) groups is 1. The molecule has 1 amide bonds. The zero-order chi connectivity index (χ0) is 19.8. The fourth-order valence-electron chi connectivity index (χ4n) is 2.52. The maximum atomic E-state index is 11.7. The van der Waals surface area contributed by atoms with E-state index in [-0.39, 0.29) is 12.6 Å². The average Bonchev–Trinajstić information content (AvgIpc) is 2.75. The quantitative estimate of drug-likeness (QED) is 0.535. The van der Waals surface area contributed by atoms with Gasteiger partial charge in [0.05, 0.1) is 12.3 Å². The second kappa shape index (κ2) is 9.22. The lowest BCUT2D eigenvalue weighted by Crippen LogP contribution is -2.36. The molecular weight excluding hydrogens is 356 g/mol. The molecule has 0 fully saturated rings. The molecule has 0 saturated heterocycles. The van der Waals surface area contributed by atoms with Crippen LogP contribution in [0.5, 0.6) is 0 Å². The third-order valence-electron chi connectivity index (χ3n) is 3.79. The van der Waals surface area contributed by atoms with Gasteiger partial charge in [0.1, 0.15) is 0 Å². The van der Waals surface area contributed by atoms with Gasteiger partial charge in [0, 0.05) is 43.0 Å². The van der Waals surface area contributed by atoms with Crippen LogP contribution in [0.25, 0.3) is 22.5 Å². The number of aromatic nitrogens is 3. The number of amides is 1. The molecule has 0 aliphatic carbocycles. The molecule has 28 heavy (non-hydrogen) atoms. The van der Waals surface area contributed by atoms with Crippen molar-refractivity contribution < 1.29 is 9.53 Å². The Bertz CT molecular complexity index is 961. The van der Waals surface area contributed by atoms with Gasteiger partial charge >= 0.3 is 6.09 Å². The predicted octanol–water partition coefficient (Wildman–Crippen LogP) is 3.35. The molecule has 2 N–H and O–H groups in total. The van der Waals surface area contributed by atoms with Crippen LogP contribution in [0.1, 0.15) is 6.92 Å². The van der Waals surface area contributed by atoms with Gasteiger partial charge in [-0.2, -0.15) is 0 Å². The van der Waals surface area contributed by atoms with Gasteiger partial charge in [-0.15, -0.1) is 0 Å². The Labute approximate surface area is 162 Å². The summed E-state index contributed by atoms with van der Waals surface area (Å²) >= 11 is 0. The van der Waals surface area contributed by atoms with E-state index in [1.54, 1.807) is 44.8 Å². The molecule has 0 radical (unpaired) electrons. The lowest BCUT2D eigenvalue weighted by Gasteiger charge is -2.15. The summed E-state index contributed by atoms with van der Waals surface area (Å²) in [4.78, 5) is 28.6. The second-order valence-electron chi connectivity index (χ2n) is 5.62. The SMILES string of the molecule is CCOC(=O)NC(=NC)Nc1ccc(-c2cccnc2)cc1-c1ncccn1. The Morgan fingerprint density at radius 3 is 2.61 bits per heavy atom. The van der Waals surface area contributed by atoms with Crippen LogP contribution in [-0.4, -0.2) is 40.7 Å². The summed E-state index contributed by atoms with van der Waals surface area (Å²) in [5.74, 6) is 0.798. The van der Waals surface area contributed by atoms with Gasteiger partial charge in [-0.3, -0.25) is 15.3 Å². The maximum Gasteiger partial charge on any atom is 0.413 e. The first kappa shape index (κ1) is 19.0. The minimum absolute atomic E-state index is 0.254. The van der Waals surface area contributed by atoms with Gasteiger partial charge < -0.3 is 10.1 Å². The average molecular weight is 376 g/mol. The number of alkyl carbamates (subject to hydrolysis) is 1. The molecule has 0 bridgehead atoms. The standard InChI is InChI=1S/C20H20N6O2/c1-3-28-20(27)26-19(21-2)25-17-8-7-14(15-6-4-9-22-13-15)12-16(17)18-23-10-5-11-24-18/h4-13H,3H2,1-2H3,(H2,21,25,26,27). The van der Waals surface area contributed by atoms with Crippen molar-refractivity contribution in [2.24, 2.45) is 4.99 Å². The van der Waals surface area contributed by atoms with Crippen LogP contribution in [0.2, 0.25) is 0 Å². The molecule has 2 heterocycles. The summed E-state index contributed by atoms with van der Waals surface area (Å²) < 4.78 is 4.90. The number of hydrogen-bond acceptors (Lipinski definition) is 6. The van der Waals surface area contributed by atoms with Crippen LogP contribution in [-0.2, 0) is 4.74 Å². The van der Waals surface area contributed by atoms with Gasteiger partial charge in [-0.05, 0) is 36.8 Å². The number of anilines is 1. The number of ether oxygens (including phenoxy) is 1. The first-order valence-electron chi connectivity index (χ1n) is 8.70. The highest BCUT2D eigenvalue weighted by molar-refractivity contribution is 6.04. The van der Waals surface area contributed by atoms with E-state index >= 15 is 0 Å². The molecule has 0 spiro atoms. The van der Waals surface area contributed by atoms with Crippen LogP contribution in [0, 0.1) is 0 Å². The fraction of sp³-hybridized carbons (Fsp3) is 0.150.